The molecule has 1 unspecified atom stereocenters. The maximum absolute atomic E-state index is 11.7. The van der Waals surface area contributed by atoms with E-state index in [1.165, 1.54) is 0 Å². The highest BCUT2D eigenvalue weighted by atomic mass is 16.6. The number of nitrogens with zero attached hydrogens (tertiary/aromatic N) is 1. The summed E-state index contributed by atoms with van der Waals surface area (Å²) in [6.07, 6.45) is -0.345. The summed E-state index contributed by atoms with van der Waals surface area (Å²) in [7, 11) is 0. The number of hydrogen-bond donors (Lipinski definition) is 2. The lowest BCUT2D eigenvalue weighted by Gasteiger charge is -2.41. The molecule has 1 aliphatic rings. The summed E-state index contributed by atoms with van der Waals surface area (Å²) in [5.74, 6) is -0.848. The number of carboxylic acids is 1. The Balaban J connectivity index is 2.37. The molecule has 0 spiro atoms. The van der Waals surface area contributed by atoms with Gasteiger partial charge in [-0.2, -0.15) is 0 Å². The second-order valence-electron chi connectivity index (χ2n) is 6.31. The summed E-state index contributed by atoms with van der Waals surface area (Å²) in [4.78, 5) is 24.3. The molecule has 0 bridgehead atoms. The van der Waals surface area contributed by atoms with Gasteiger partial charge in [-0.25, -0.2) is 4.79 Å². The fraction of sp³-hybridized carbons (Fsp3) is 0.846. The molecule has 1 saturated heterocycles. The van der Waals surface area contributed by atoms with Crippen LogP contribution in [0, 0.1) is 5.92 Å². The molecule has 110 valence electrons. The van der Waals surface area contributed by atoms with Crippen molar-refractivity contribution < 1.29 is 19.4 Å². The molecular weight excluding hydrogens is 248 g/mol. The van der Waals surface area contributed by atoms with Crippen LogP contribution in [-0.4, -0.2) is 52.8 Å². The maximum atomic E-state index is 11.7. The Morgan fingerprint density at radius 1 is 1.32 bits per heavy atom. The van der Waals surface area contributed by atoms with E-state index in [9.17, 15) is 9.59 Å². The summed E-state index contributed by atoms with van der Waals surface area (Å²) in [5.41, 5.74) is -0.503. The number of hydrogen-bond acceptors (Lipinski definition) is 4. The number of amides is 1. The Bertz CT molecular complexity index is 343. The van der Waals surface area contributed by atoms with Crippen LogP contribution in [0.25, 0.3) is 0 Å². The van der Waals surface area contributed by atoms with Crippen LogP contribution in [0.5, 0.6) is 0 Å². The molecular formula is C13H24N2O4. The van der Waals surface area contributed by atoms with E-state index in [4.69, 9.17) is 9.84 Å². The first-order valence-electron chi connectivity index (χ1n) is 6.57. The Labute approximate surface area is 114 Å². The number of rotatable bonds is 4. The molecule has 1 rings (SSSR count). The minimum atomic E-state index is -0.856. The third-order valence-electron chi connectivity index (χ3n) is 2.88. The maximum Gasteiger partial charge on any atom is 0.410 e. The summed E-state index contributed by atoms with van der Waals surface area (Å²) < 4.78 is 5.23. The van der Waals surface area contributed by atoms with E-state index in [1.807, 2.05) is 34.6 Å². The van der Waals surface area contributed by atoms with Crippen LogP contribution in [0.3, 0.4) is 0 Å². The zero-order valence-electron chi connectivity index (χ0n) is 12.3. The number of aliphatic carboxylic acids is 1. The van der Waals surface area contributed by atoms with Crippen LogP contribution in [0.4, 0.5) is 4.79 Å². The number of nitrogens with one attached hydrogen (secondary N) is 1. The van der Waals surface area contributed by atoms with Crippen molar-refractivity contribution in [3.63, 3.8) is 0 Å². The molecule has 2 N–H and O–H groups in total. The lowest BCUT2D eigenvalue weighted by Crippen LogP contribution is -2.64. The van der Waals surface area contributed by atoms with E-state index in [0.29, 0.717) is 13.1 Å². The van der Waals surface area contributed by atoms with E-state index >= 15 is 0 Å². The SMILES string of the molecule is CC(C)C(NC1CN(C(=O)OC(C)(C)C)C1)C(=O)O. The van der Waals surface area contributed by atoms with Crippen LogP contribution < -0.4 is 5.32 Å². The molecule has 1 fully saturated rings. The minimum absolute atomic E-state index is 0.00748. The number of likely N-dealkylation sites (tertiary alicyclic amines) is 1. The zero-order valence-corrected chi connectivity index (χ0v) is 12.3. The lowest BCUT2D eigenvalue weighted by molar-refractivity contribution is -0.141. The lowest BCUT2D eigenvalue weighted by atomic mass is 10.0. The predicted octanol–water partition coefficient (Wildman–Crippen LogP) is 1.30. The molecule has 0 aromatic rings. The Morgan fingerprint density at radius 3 is 2.21 bits per heavy atom. The van der Waals surface area contributed by atoms with E-state index in [1.54, 1.807) is 4.90 Å². The fourth-order valence-corrected chi connectivity index (χ4v) is 1.86. The topological polar surface area (TPSA) is 78.9 Å². The summed E-state index contributed by atoms with van der Waals surface area (Å²) in [6, 6.07) is -0.554. The number of carbonyl (C=O) groups excluding carboxylic acids is 1. The van der Waals surface area contributed by atoms with Gasteiger partial charge in [-0.15, -0.1) is 0 Å². The Kier molecular flexibility index (Phi) is 4.79. The normalized spacial score (nSPS) is 18.1. The van der Waals surface area contributed by atoms with E-state index in [-0.39, 0.29) is 18.1 Å². The van der Waals surface area contributed by atoms with Gasteiger partial charge in [0.2, 0.25) is 0 Å². The molecule has 19 heavy (non-hydrogen) atoms. The number of carbonyl (C=O) groups is 2. The molecule has 1 aliphatic heterocycles. The first kappa shape index (κ1) is 15.8. The van der Waals surface area contributed by atoms with Crippen LogP contribution in [0.15, 0.2) is 0 Å². The molecule has 1 atom stereocenters. The molecule has 6 nitrogen and oxygen atoms in total. The van der Waals surface area contributed by atoms with Gasteiger partial charge in [0.15, 0.2) is 0 Å². The number of carboxylic acid groups (broad SMARTS) is 1. The fourth-order valence-electron chi connectivity index (χ4n) is 1.86. The molecule has 0 aromatic carbocycles. The van der Waals surface area contributed by atoms with Gasteiger partial charge in [0, 0.05) is 19.1 Å². The summed E-state index contributed by atoms with van der Waals surface area (Å²) in [6.45, 7) is 10.2. The van der Waals surface area contributed by atoms with Gasteiger partial charge in [0.05, 0.1) is 0 Å². The molecule has 0 aromatic heterocycles. The van der Waals surface area contributed by atoms with Gasteiger partial charge >= 0.3 is 12.1 Å². The standard InChI is InChI=1S/C13H24N2O4/c1-8(2)10(11(16)17)14-9-6-15(7-9)12(18)19-13(3,4)5/h8-10,14H,6-7H2,1-5H3,(H,16,17). The largest absolute Gasteiger partial charge is 0.480 e. The quantitative estimate of drug-likeness (QED) is 0.806. The predicted molar refractivity (Wildman–Crippen MR) is 71.0 cm³/mol. The third-order valence-corrected chi connectivity index (χ3v) is 2.88. The highest BCUT2D eigenvalue weighted by Gasteiger charge is 2.36. The van der Waals surface area contributed by atoms with Gasteiger partial charge in [-0.05, 0) is 26.7 Å². The molecule has 1 amide bonds. The number of ether oxygens (including phenoxy) is 1. The summed E-state index contributed by atoms with van der Waals surface area (Å²) in [5, 5.41) is 12.1. The van der Waals surface area contributed by atoms with Crippen molar-refractivity contribution in [1.29, 1.82) is 0 Å². The van der Waals surface area contributed by atoms with Gasteiger partial charge in [-0.1, -0.05) is 13.8 Å². The third kappa shape index (κ3) is 4.70. The van der Waals surface area contributed by atoms with E-state index in [2.05, 4.69) is 5.32 Å². The summed E-state index contributed by atoms with van der Waals surface area (Å²) >= 11 is 0. The van der Waals surface area contributed by atoms with Crippen LogP contribution in [0.2, 0.25) is 0 Å². The second-order valence-corrected chi connectivity index (χ2v) is 6.31. The van der Waals surface area contributed by atoms with Gasteiger partial charge < -0.3 is 14.7 Å². The average Bonchev–Trinajstić information content (AvgIpc) is 2.10. The van der Waals surface area contributed by atoms with Crippen molar-refractivity contribution in [1.82, 2.24) is 10.2 Å². The molecule has 0 saturated carbocycles. The van der Waals surface area contributed by atoms with Crippen molar-refractivity contribution in [2.45, 2.75) is 52.3 Å². The molecule has 6 heteroatoms. The van der Waals surface area contributed by atoms with Crippen molar-refractivity contribution in [2.24, 2.45) is 5.92 Å². The van der Waals surface area contributed by atoms with E-state index in [0.717, 1.165) is 0 Å². The minimum Gasteiger partial charge on any atom is -0.480 e. The highest BCUT2D eigenvalue weighted by molar-refractivity contribution is 5.74. The van der Waals surface area contributed by atoms with Crippen molar-refractivity contribution in [3.05, 3.63) is 0 Å². The van der Waals surface area contributed by atoms with Crippen molar-refractivity contribution in [3.8, 4) is 0 Å². The van der Waals surface area contributed by atoms with Crippen molar-refractivity contribution in [2.75, 3.05) is 13.1 Å². The average molecular weight is 272 g/mol. The highest BCUT2D eigenvalue weighted by Crippen LogP contribution is 2.16. The Morgan fingerprint density at radius 2 is 1.84 bits per heavy atom. The monoisotopic (exact) mass is 272 g/mol. The van der Waals surface area contributed by atoms with Crippen LogP contribution in [-0.2, 0) is 9.53 Å². The Hall–Kier alpha value is -1.30. The molecule has 0 aliphatic carbocycles. The van der Waals surface area contributed by atoms with Gasteiger partial charge in [-0.3, -0.25) is 10.1 Å². The van der Waals surface area contributed by atoms with Gasteiger partial charge in [0.1, 0.15) is 11.6 Å². The smallest absolute Gasteiger partial charge is 0.410 e. The second kappa shape index (κ2) is 5.77. The first-order chi connectivity index (χ1) is 8.60. The molecule has 0 radical (unpaired) electrons. The van der Waals surface area contributed by atoms with Crippen molar-refractivity contribution >= 4 is 12.1 Å². The zero-order chi connectivity index (χ0) is 14.8. The van der Waals surface area contributed by atoms with Gasteiger partial charge in [0.25, 0.3) is 0 Å². The first-order valence-corrected chi connectivity index (χ1v) is 6.57. The van der Waals surface area contributed by atoms with Crippen LogP contribution in [0.1, 0.15) is 34.6 Å². The molecule has 1 heterocycles. The van der Waals surface area contributed by atoms with Crippen LogP contribution >= 0.6 is 0 Å². The van der Waals surface area contributed by atoms with E-state index < -0.39 is 17.6 Å².